The lowest BCUT2D eigenvalue weighted by molar-refractivity contribution is 0.476. The molecule has 0 N–H and O–H groups in total. The molecule has 0 spiro atoms. The molecule has 2 unspecified atom stereocenters. The topological polar surface area (TPSA) is 0 Å². The maximum Gasteiger partial charge on any atom is 0.161 e. The first kappa shape index (κ1) is 28.5. The van der Waals surface area contributed by atoms with Crippen molar-refractivity contribution in [2.24, 2.45) is 0 Å². The molecule has 0 nitrogen and oxygen atoms in total. The van der Waals surface area contributed by atoms with Crippen molar-refractivity contribution in [1.29, 1.82) is 0 Å². The smallest absolute Gasteiger partial charge is 0.0772 e. The number of hydrogen-bond donors (Lipinski definition) is 0. The van der Waals surface area contributed by atoms with Crippen LogP contribution in [-0.2, 0) is 4.32 Å². The van der Waals surface area contributed by atoms with Crippen LogP contribution in [-0.4, -0.2) is 14.0 Å². The van der Waals surface area contributed by atoms with Crippen LogP contribution in [0.15, 0.2) is 30.3 Å². The van der Waals surface area contributed by atoms with Crippen LogP contribution in [0.1, 0.15) is 5.56 Å². The quantitative estimate of drug-likeness (QED) is 0.265. The molecule has 13 heteroatoms. The van der Waals surface area contributed by atoms with Gasteiger partial charge in [-0.05, 0) is 5.56 Å². The lowest BCUT2D eigenvalue weighted by Gasteiger charge is -2.58. The fourth-order valence-corrected chi connectivity index (χ4v) is 13.7. The Kier molecular flexibility index (Phi) is 11.1. The molecule has 0 heterocycles. The van der Waals surface area contributed by atoms with Gasteiger partial charge in [0.2, 0.25) is 0 Å². The molecule has 1 aromatic rings. The highest BCUT2D eigenvalue weighted by Crippen LogP contribution is 2.77. The van der Waals surface area contributed by atoms with Gasteiger partial charge in [0.25, 0.3) is 0 Å². The van der Waals surface area contributed by atoms with E-state index in [-0.39, 0.29) is 0 Å². The fourth-order valence-electron chi connectivity index (χ4n) is 2.01. The molecule has 0 aromatic heterocycles. The van der Waals surface area contributed by atoms with Crippen LogP contribution in [0.4, 0.5) is 0 Å². The molecule has 1 aromatic carbocycles. The zero-order valence-electron chi connectivity index (χ0n) is 11.3. The van der Waals surface area contributed by atoms with E-state index in [9.17, 15) is 0 Å². The lowest BCUT2D eigenvalue weighted by Crippen LogP contribution is -2.68. The normalized spacial score (nSPS) is 19.2. The Hall–Kier alpha value is 5.46. The van der Waals surface area contributed by atoms with E-state index in [1.165, 1.54) is 0 Å². The number of halogens is 13. The summed E-state index contributed by atoms with van der Waals surface area (Å²) in [5.74, 6) is 0. The van der Waals surface area contributed by atoms with Gasteiger partial charge in [0, 0.05) is 0 Å². The molecule has 0 radical (unpaired) electrons. The molecule has 0 aliphatic heterocycles. The number of rotatable bonds is 3. The first-order valence-corrected chi connectivity index (χ1v) is 16.2. The Morgan fingerprint density at radius 2 is 0.880 bits per heavy atom. The van der Waals surface area contributed by atoms with Crippen LogP contribution in [0.25, 0.3) is 0 Å². The van der Waals surface area contributed by atoms with Crippen LogP contribution >= 0.6 is 207 Å². The van der Waals surface area contributed by atoms with Crippen LogP contribution in [0.2, 0.25) is 0 Å². The SMILES string of the molecule is BrC(Br)(Br)C(Br)(Br)C(Br)(C(Br)(Br)Br)C(Br)(c1ccccc1)C(Br)(Br)Br. The molecule has 0 fully saturated rings. The van der Waals surface area contributed by atoms with Crippen molar-refractivity contribution < 1.29 is 0 Å². The van der Waals surface area contributed by atoms with Gasteiger partial charge in [-0.15, -0.1) is 0 Å². The van der Waals surface area contributed by atoms with Gasteiger partial charge in [0.1, 0.15) is 11.9 Å². The third kappa shape index (κ3) is 5.35. The van der Waals surface area contributed by atoms with Crippen molar-refractivity contribution >= 4 is 207 Å². The summed E-state index contributed by atoms with van der Waals surface area (Å²) in [7, 11) is 0. The van der Waals surface area contributed by atoms with Crippen LogP contribution in [0.5, 0.6) is 0 Å². The highest BCUT2D eigenvalue weighted by molar-refractivity contribution is 9.42. The van der Waals surface area contributed by atoms with Crippen LogP contribution in [0.3, 0.4) is 0 Å². The molecule has 0 saturated carbocycles. The average molecular weight is 1190 g/mol. The summed E-state index contributed by atoms with van der Waals surface area (Å²) in [6.07, 6.45) is 0. The van der Waals surface area contributed by atoms with Gasteiger partial charge in [0.05, 0.1) is 0 Å². The zero-order valence-corrected chi connectivity index (χ0v) is 31.9. The molecule has 0 amide bonds. The summed E-state index contributed by atoms with van der Waals surface area (Å²) in [6.45, 7) is 0. The van der Waals surface area contributed by atoms with E-state index in [0.717, 1.165) is 5.56 Å². The van der Waals surface area contributed by atoms with Gasteiger partial charge < -0.3 is 0 Å². The van der Waals surface area contributed by atoms with Crippen LogP contribution < -0.4 is 0 Å². The summed E-state index contributed by atoms with van der Waals surface area (Å²) in [6, 6.07) is 9.97. The van der Waals surface area contributed by atoms with Gasteiger partial charge >= 0.3 is 0 Å². The number of alkyl halides is 13. The molecule has 0 bridgehead atoms. The third-order valence-electron chi connectivity index (χ3n) is 3.22. The first-order chi connectivity index (χ1) is 10.9. The van der Waals surface area contributed by atoms with E-state index >= 15 is 0 Å². The molecule has 25 heavy (non-hydrogen) atoms. The number of hydrogen-bond acceptors (Lipinski definition) is 0. The second-order valence-electron chi connectivity index (χ2n) is 4.75. The number of benzene rings is 1. The second kappa shape index (κ2) is 9.75. The predicted octanol–water partition coefficient (Wildman–Crippen LogP) is 11.4. The largest absolute Gasteiger partial charge is 0.161 e. The highest BCUT2D eigenvalue weighted by atomic mass is 80.0. The maximum absolute atomic E-state index is 4.00. The standard InChI is InChI=1S/C12H5Br13/c13-7(10(17,18)19,6-4-2-1-3-5-6)8(14,11(20,21)22)9(15,16)12(23,24)25/h1-5H. The average Bonchev–Trinajstić information content (AvgIpc) is 2.42. The molecule has 0 aliphatic carbocycles. The summed E-state index contributed by atoms with van der Waals surface area (Å²) in [4.78, 5) is 0. The maximum atomic E-state index is 4.00. The minimum atomic E-state index is -0.908. The minimum Gasteiger partial charge on any atom is -0.0772 e. The molecule has 0 saturated heterocycles. The third-order valence-corrected chi connectivity index (χ3v) is 22.4. The van der Waals surface area contributed by atoms with Crippen molar-refractivity contribution in [3.63, 3.8) is 0 Å². The molecular weight excluding hydrogens is 1180 g/mol. The first-order valence-electron chi connectivity index (χ1n) is 5.87. The van der Waals surface area contributed by atoms with E-state index in [1.54, 1.807) is 0 Å². The summed E-state index contributed by atoms with van der Waals surface area (Å²) in [5.41, 5.74) is 0.972. The highest BCUT2D eigenvalue weighted by Gasteiger charge is 2.76. The fraction of sp³-hybridized carbons (Fsp3) is 0.500. The van der Waals surface area contributed by atoms with Crippen molar-refractivity contribution in [1.82, 2.24) is 0 Å². The van der Waals surface area contributed by atoms with E-state index < -0.39 is 18.3 Å². The summed E-state index contributed by atoms with van der Waals surface area (Å²) < 4.78 is -4.98. The van der Waals surface area contributed by atoms with Crippen molar-refractivity contribution in [2.45, 2.75) is 18.3 Å². The Balaban J connectivity index is 4.02. The molecule has 2 atom stereocenters. The minimum absolute atomic E-state index is 0.768. The van der Waals surface area contributed by atoms with Crippen molar-refractivity contribution in [3.05, 3.63) is 35.9 Å². The van der Waals surface area contributed by atoms with Crippen molar-refractivity contribution in [2.75, 3.05) is 0 Å². The van der Waals surface area contributed by atoms with Gasteiger partial charge in [0.15, 0.2) is 6.43 Å². The van der Waals surface area contributed by atoms with Crippen LogP contribution in [0, 0.1) is 0 Å². The Labute approximate surface area is 256 Å². The molecule has 0 aliphatic rings. The lowest BCUT2D eigenvalue weighted by atomic mass is 9.86. The molecule has 1 rings (SSSR count). The Morgan fingerprint density at radius 1 is 0.480 bits per heavy atom. The summed E-state index contributed by atoms with van der Waals surface area (Å²) >= 11 is 49.0. The van der Waals surface area contributed by atoms with Gasteiger partial charge in [-0.1, -0.05) is 237 Å². The monoisotopic (exact) mass is 1170 g/mol. The zero-order chi connectivity index (χ0) is 20.1. The summed E-state index contributed by atoms with van der Waals surface area (Å²) in [5, 5.41) is 0. The van der Waals surface area contributed by atoms with Gasteiger partial charge in [-0.2, -0.15) is 0 Å². The van der Waals surface area contributed by atoms with E-state index in [2.05, 4.69) is 207 Å². The van der Waals surface area contributed by atoms with Crippen molar-refractivity contribution in [3.8, 4) is 0 Å². The Bertz CT molecular complexity index is 596. The molecular formula is C12H5Br13. The van der Waals surface area contributed by atoms with E-state index in [4.69, 9.17) is 0 Å². The van der Waals surface area contributed by atoms with Gasteiger partial charge in [-0.3, -0.25) is 0 Å². The Morgan fingerprint density at radius 3 is 1.16 bits per heavy atom. The van der Waals surface area contributed by atoms with Gasteiger partial charge in [-0.25, -0.2) is 0 Å². The predicted molar refractivity (Wildman–Crippen MR) is 158 cm³/mol. The van der Waals surface area contributed by atoms with E-state index in [0.29, 0.717) is 0 Å². The van der Waals surface area contributed by atoms with E-state index in [1.807, 2.05) is 30.3 Å². The molecule has 144 valence electrons. The second-order valence-corrected chi connectivity index (χ2v) is 30.9.